The van der Waals surface area contributed by atoms with Crippen LogP contribution in [-0.4, -0.2) is 15.8 Å². The van der Waals surface area contributed by atoms with Crippen LogP contribution in [0.2, 0.25) is 0 Å². The van der Waals surface area contributed by atoms with Crippen molar-refractivity contribution in [2.45, 2.75) is 103 Å². The Labute approximate surface area is 582 Å². The molecule has 2 aliphatic carbocycles. The van der Waals surface area contributed by atoms with E-state index in [2.05, 4.69) is 359 Å². The standard InChI is InChI=1S/C94H79BN4/c1-91(2)49-51-93(5,6)78-54-65(35-44-76(78)91)62-31-39-68(40-32-62)96-86-48-38-67(61-23-13-10-14-24-61)56-81(86)95-80-46-43-70(98-84-30-20-17-27-74(84)75-53-64(37-47-85(75)98)60-21-11-9-12-22-60)57-87(80)97(69-41-33-63(34-42-69)66-36-45-77-79(55-66)94(7,8)52-50-92(77,3)4)89-59-71(58-88(96)90(89)95)99-82-28-18-15-25-72(82)73-26-16-19-29-83(73)99/h9-48,53-59H,49-52H2,1-8H3. The van der Waals surface area contributed by atoms with Gasteiger partial charge in [-0.05, 0) is 215 Å². The van der Waals surface area contributed by atoms with Crippen LogP contribution in [0.1, 0.15) is 103 Å². The Morgan fingerprint density at radius 2 is 0.606 bits per heavy atom. The van der Waals surface area contributed by atoms with Crippen molar-refractivity contribution in [3.05, 3.63) is 307 Å². The van der Waals surface area contributed by atoms with Gasteiger partial charge in [0.25, 0.3) is 6.71 Å². The molecule has 2 aromatic heterocycles. The van der Waals surface area contributed by atoms with Gasteiger partial charge in [-0.3, -0.25) is 0 Å². The van der Waals surface area contributed by atoms with E-state index in [1.165, 1.54) is 158 Å². The number of para-hydroxylation sites is 3. The van der Waals surface area contributed by atoms with Crippen molar-refractivity contribution in [3.63, 3.8) is 0 Å². The van der Waals surface area contributed by atoms with Gasteiger partial charge in [0.2, 0.25) is 0 Å². The van der Waals surface area contributed by atoms with Gasteiger partial charge in [0.15, 0.2) is 0 Å². The quantitative estimate of drug-likeness (QED) is 0.141. The average molecular weight is 1280 g/mol. The fourth-order valence-electron chi connectivity index (χ4n) is 18.0. The molecule has 0 bridgehead atoms. The smallest absolute Gasteiger partial charge is 0.252 e. The number of fused-ring (bicyclic) bond motifs is 12. The molecule has 15 aromatic rings. The molecule has 19 rings (SSSR count). The summed E-state index contributed by atoms with van der Waals surface area (Å²) in [6.07, 6.45) is 4.72. The Morgan fingerprint density at radius 3 is 1.12 bits per heavy atom. The van der Waals surface area contributed by atoms with Crippen molar-refractivity contribution in [1.29, 1.82) is 0 Å². The van der Waals surface area contributed by atoms with Gasteiger partial charge >= 0.3 is 0 Å². The first-order chi connectivity index (χ1) is 48.0. The normalized spacial score (nSPS) is 16.0. The first-order valence-electron chi connectivity index (χ1n) is 35.8. The van der Waals surface area contributed by atoms with Crippen molar-refractivity contribution < 1.29 is 0 Å². The first kappa shape index (κ1) is 59.4. The van der Waals surface area contributed by atoms with Gasteiger partial charge in [-0.25, -0.2) is 0 Å². The summed E-state index contributed by atoms with van der Waals surface area (Å²) >= 11 is 0. The second kappa shape index (κ2) is 21.8. The number of nitrogens with zero attached hydrogens (tertiary/aromatic N) is 4. The summed E-state index contributed by atoms with van der Waals surface area (Å²) in [6, 6.07) is 109. The summed E-state index contributed by atoms with van der Waals surface area (Å²) in [6.45, 7) is 19.3. The van der Waals surface area contributed by atoms with Crippen molar-refractivity contribution >= 4 is 101 Å². The van der Waals surface area contributed by atoms with Gasteiger partial charge in [0.1, 0.15) is 0 Å². The summed E-state index contributed by atoms with van der Waals surface area (Å²) in [7, 11) is 0. The van der Waals surface area contributed by atoms with Gasteiger partial charge in [-0.1, -0.05) is 256 Å². The van der Waals surface area contributed by atoms with Crippen LogP contribution in [0, 0.1) is 0 Å². The number of rotatable bonds is 8. The minimum atomic E-state index is -0.159. The van der Waals surface area contributed by atoms with Gasteiger partial charge in [0.05, 0.1) is 27.8 Å². The zero-order chi connectivity index (χ0) is 66.8. The van der Waals surface area contributed by atoms with Crippen LogP contribution in [0.15, 0.2) is 285 Å². The predicted octanol–water partition coefficient (Wildman–Crippen LogP) is 23.3. The molecule has 2 aliphatic heterocycles. The van der Waals surface area contributed by atoms with Crippen LogP contribution >= 0.6 is 0 Å². The van der Waals surface area contributed by atoms with Crippen LogP contribution in [0.5, 0.6) is 0 Å². The Morgan fingerprint density at radius 1 is 0.242 bits per heavy atom. The summed E-state index contributed by atoms with van der Waals surface area (Å²) in [5.74, 6) is 0. The summed E-state index contributed by atoms with van der Waals surface area (Å²) in [5.41, 5.74) is 33.7. The molecular weight excluding hydrogens is 1200 g/mol. The van der Waals surface area contributed by atoms with Gasteiger partial charge in [0, 0.05) is 61.4 Å². The van der Waals surface area contributed by atoms with Crippen LogP contribution in [-0.2, 0) is 21.7 Å². The Bertz CT molecular complexity index is 5750. The topological polar surface area (TPSA) is 16.3 Å². The number of aromatic nitrogens is 2. The zero-order valence-corrected chi connectivity index (χ0v) is 57.8. The fraction of sp³-hybridized carbons (Fsp3) is 0.170. The molecule has 0 spiro atoms. The van der Waals surface area contributed by atoms with Gasteiger partial charge in [-0.2, -0.15) is 0 Å². The van der Waals surface area contributed by atoms with E-state index in [9.17, 15) is 0 Å². The summed E-state index contributed by atoms with van der Waals surface area (Å²) in [5, 5.41) is 4.93. The molecule has 99 heavy (non-hydrogen) atoms. The minimum Gasteiger partial charge on any atom is -0.311 e. The van der Waals surface area contributed by atoms with Crippen molar-refractivity contribution in [2.24, 2.45) is 0 Å². The highest BCUT2D eigenvalue weighted by atomic mass is 15.2. The van der Waals surface area contributed by atoms with E-state index in [0.717, 1.165) is 39.8 Å². The molecule has 0 N–H and O–H groups in total. The molecular formula is C94H79BN4. The number of benzene rings is 13. The number of hydrogen-bond donors (Lipinski definition) is 0. The third-order valence-electron chi connectivity index (χ3n) is 23.6. The largest absolute Gasteiger partial charge is 0.311 e. The molecule has 4 nitrogen and oxygen atoms in total. The molecule has 4 heterocycles. The van der Waals surface area contributed by atoms with Crippen molar-refractivity contribution in [1.82, 2.24) is 9.13 Å². The molecule has 4 aliphatic rings. The predicted molar refractivity (Wildman–Crippen MR) is 421 cm³/mol. The Balaban J connectivity index is 0.878. The van der Waals surface area contributed by atoms with E-state index >= 15 is 0 Å². The maximum atomic E-state index is 2.63. The van der Waals surface area contributed by atoms with Crippen molar-refractivity contribution in [2.75, 3.05) is 9.80 Å². The fourth-order valence-corrected chi connectivity index (χ4v) is 18.0. The van der Waals surface area contributed by atoms with Crippen LogP contribution < -0.4 is 26.2 Å². The van der Waals surface area contributed by atoms with Crippen LogP contribution in [0.4, 0.5) is 34.1 Å². The molecule has 0 atom stereocenters. The summed E-state index contributed by atoms with van der Waals surface area (Å²) in [4.78, 5) is 5.22. The van der Waals surface area contributed by atoms with Crippen LogP contribution in [0.3, 0.4) is 0 Å². The second-order valence-electron chi connectivity index (χ2n) is 31.4. The number of anilines is 6. The SMILES string of the molecule is CC1(C)CCC(C)(C)c2cc(-c3ccc(N4c5ccc(-c6ccccc6)cc5B5c6ccc(-n7c8ccccc8c8cc(-c9ccccc9)ccc87)cc6N(c6ccc(-c7ccc8c(c7)C(C)(C)CCC8(C)C)cc6)c6cc(-n7c8ccccc8c8ccccc87)cc4c65)cc3)ccc21. The highest BCUT2D eigenvalue weighted by Crippen LogP contribution is 2.52. The highest BCUT2D eigenvalue weighted by Gasteiger charge is 2.45. The van der Waals surface area contributed by atoms with Gasteiger partial charge < -0.3 is 18.9 Å². The Hall–Kier alpha value is -10.9. The lowest BCUT2D eigenvalue weighted by molar-refractivity contribution is 0.332. The zero-order valence-electron chi connectivity index (χ0n) is 57.8. The van der Waals surface area contributed by atoms with E-state index in [0.29, 0.717) is 0 Å². The Kier molecular flexibility index (Phi) is 13.1. The molecule has 0 saturated heterocycles. The van der Waals surface area contributed by atoms with E-state index in [1.807, 2.05) is 0 Å². The lowest BCUT2D eigenvalue weighted by atomic mass is 9.33. The third kappa shape index (κ3) is 9.26. The third-order valence-corrected chi connectivity index (χ3v) is 23.6. The lowest BCUT2D eigenvalue weighted by Gasteiger charge is -2.44. The minimum absolute atomic E-state index is 0.0838. The second-order valence-corrected chi connectivity index (χ2v) is 31.4. The monoisotopic (exact) mass is 1270 g/mol. The lowest BCUT2D eigenvalue weighted by Crippen LogP contribution is -2.61. The van der Waals surface area contributed by atoms with Gasteiger partial charge in [-0.15, -0.1) is 0 Å². The first-order valence-corrected chi connectivity index (χ1v) is 35.8. The molecule has 478 valence electrons. The maximum absolute atomic E-state index is 2.63. The highest BCUT2D eigenvalue weighted by molar-refractivity contribution is 7.00. The van der Waals surface area contributed by atoms with Crippen LogP contribution in [0.25, 0.3) is 99.5 Å². The molecule has 0 saturated carbocycles. The molecule has 0 fully saturated rings. The maximum Gasteiger partial charge on any atom is 0.252 e. The van der Waals surface area contributed by atoms with E-state index in [4.69, 9.17) is 0 Å². The average Bonchev–Trinajstić information content (AvgIpc) is 1.27. The van der Waals surface area contributed by atoms with Crippen molar-refractivity contribution in [3.8, 4) is 55.9 Å². The molecule has 0 amide bonds. The van der Waals surface area contributed by atoms with E-state index in [-0.39, 0.29) is 28.4 Å². The molecule has 13 aromatic carbocycles. The van der Waals surface area contributed by atoms with E-state index in [1.54, 1.807) is 0 Å². The molecule has 5 heteroatoms. The molecule has 0 unspecified atom stereocenters. The summed E-state index contributed by atoms with van der Waals surface area (Å²) < 4.78 is 5.04. The number of hydrogen-bond acceptors (Lipinski definition) is 2. The molecule has 0 radical (unpaired) electrons. The van der Waals surface area contributed by atoms with E-state index < -0.39 is 0 Å².